The molecule has 0 saturated heterocycles. The van der Waals surface area contributed by atoms with E-state index in [-0.39, 0.29) is 6.03 Å². The predicted octanol–water partition coefficient (Wildman–Crippen LogP) is 4.81. The molecule has 5 heteroatoms. The lowest BCUT2D eigenvalue weighted by Crippen LogP contribution is -2.23. The number of aromatic nitrogens is 4. The number of rotatable bonds is 5. The quantitative estimate of drug-likeness (QED) is 0.507. The largest absolute Gasteiger partial charge is 0.369 e. The van der Waals surface area contributed by atoms with Crippen LogP contribution in [0, 0.1) is 0 Å². The highest BCUT2D eigenvalue weighted by atomic mass is 16.2. The summed E-state index contributed by atoms with van der Waals surface area (Å²) in [5.41, 5.74) is 5.08. The second-order valence-corrected chi connectivity index (χ2v) is 6.70. The molecular formula is C23H22N4O. The summed E-state index contributed by atoms with van der Waals surface area (Å²) in [4.78, 5) is 13.1. The minimum atomic E-state index is -0.268. The molecule has 5 nitrogen and oxygen atoms in total. The van der Waals surface area contributed by atoms with E-state index in [0.29, 0.717) is 6.42 Å². The van der Waals surface area contributed by atoms with Crippen molar-refractivity contribution in [2.75, 3.05) is 0 Å². The first kappa shape index (κ1) is 17.9. The first-order valence-electron chi connectivity index (χ1n) is 9.52. The van der Waals surface area contributed by atoms with E-state index in [0.717, 1.165) is 40.9 Å². The van der Waals surface area contributed by atoms with E-state index in [4.69, 9.17) is 5.10 Å². The average molecular weight is 370 g/mol. The monoisotopic (exact) mass is 370 g/mol. The third-order valence-electron chi connectivity index (χ3n) is 4.73. The molecule has 4 rings (SSSR count). The molecule has 0 N–H and O–H groups in total. The van der Waals surface area contributed by atoms with Crippen molar-refractivity contribution in [2.45, 2.75) is 26.2 Å². The van der Waals surface area contributed by atoms with Gasteiger partial charge in [0.05, 0.1) is 11.4 Å². The summed E-state index contributed by atoms with van der Waals surface area (Å²) < 4.78 is 2.85. The number of hydrogen-bond donors (Lipinski definition) is 0. The molecular weight excluding hydrogens is 348 g/mol. The van der Waals surface area contributed by atoms with Crippen LogP contribution in [0.5, 0.6) is 0 Å². The maximum absolute atomic E-state index is 13.1. The van der Waals surface area contributed by atoms with Gasteiger partial charge in [0, 0.05) is 29.9 Å². The van der Waals surface area contributed by atoms with Gasteiger partial charge >= 0.3 is 6.03 Å². The summed E-state index contributed by atoms with van der Waals surface area (Å²) in [7, 11) is 0. The third-order valence-corrected chi connectivity index (χ3v) is 4.73. The highest BCUT2D eigenvalue weighted by Crippen LogP contribution is 2.28. The van der Waals surface area contributed by atoms with Crippen LogP contribution in [0.15, 0.2) is 79.1 Å². The van der Waals surface area contributed by atoms with Crippen LogP contribution in [0.25, 0.3) is 11.3 Å². The molecule has 0 radical (unpaired) electrons. The highest BCUT2D eigenvalue weighted by molar-refractivity contribution is 5.80. The van der Waals surface area contributed by atoms with Gasteiger partial charge in [-0.05, 0) is 18.1 Å². The molecule has 4 aromatic rings. The molecule has 0 atom stereocenters. The SMILES string of the molecule is CCCc1c(-c2ccccc2)nn(C(=O)n2cccn2)c1Cc1ccccc1. The molecule has 140 valence electrons. The Morgan fingerprint density at radius 1 is 0.964 bits per heavy atom. The molecule has 28 heavy (non-hydrogen) atoms. The van der Waals surface area contributed by atoms with E-state index in [9.17, 15) is 4.79 Å². The molecule has 0 spiro atoms. The molecule has 0 fully saturated rings. The molecule has 2 aromatic heterocycles. The van der Waals surface area contributed by atoms with Crippen molar-refractivity contribution in [3.63, 3.8) is 0 Å². The average Bonchev–Trinajstić information content (AvgIpc) is 3.39. The van der Waals surface area contributed by atoms with Crippen molar-refractivity contribution in [3.05, 3.63) is 95.9 Å². The van der Waals surface area contributed by atoms with E-state index in [1.165, 1.54) is 9.36 Å². The minimum Gasteiger partial charge on any atom is -0.244 e. The van der Waals surface area contributed by atoms with Crippen molar-refractivity contribution in [1.82, 2.24) is 19.6 Å². The van der Waals surface area contributed by atoms with Gasteiger partial charge in [-0.15, -0.1) is 0 Å². The summed E-state index contributed by atoms with van der Waals surface area (Å²) in [6, 6.07) is 21.7. The van der Waals surface area contributed by atoms with Crippen molar-refractivity contribution < 1.29 is 4.79 Å². The summed E-state index contributed by atoms with van der Waals surface area (Å²) in [6.07, 6.45) is 5.73. The van der Waals surface area contributed by atoms with Gasteiger partial charge < -0.3 is 0 Å². The molecule has 0 amide bonds. The standard InChI is InChI=1S/C23H22N4O/c1-2-10-20-21(17-18-11-5-3-6-12-18)27(23(28)26-16-9-15-24-26)25-22(20)19-13-7-4-8-14-19/h3-9,11-16H,2,10,17H2,1H3. The zero-order chi connectivity index (χ0) is 19.3. The molecule has 0 saturated carbocycles. The molecule has 2 heterocycles. The fourth-order valence-corrected chi connectivity index (χ4v) is 3.43. The molecule has 0 aliphatic heterocycles. The lowest BCUT2D eigenvalue weighted by atomic mass is 9.98. The van der Waals surface area contributed by atoms with Crippen LogP contribution in [-0.2, 0) is 12.8 Å². The van der Waals surface area contributed by atoms with Crippen LogP contribution in [0.3, 0.4) is 0 Å². The number of carbonyl (C=O) groups excluding carboxylic acids is 1. The minimum absolute atomic E-state index is 0.268. The second-order valence-electron chi connectivity index (χ2n) is 6.70. The number of hydrogen-bond acceptors (Lipinski definition) is 3. The van der Waals surface area contributed by atoms with Gasteiger partial charge in [0.2, 0.25) is 0 Å². The molecule has 0 aliphatic rings. The predicted molar refractivity (Wildman–Crippen MR) is 109 cm³/mol. The third kappa shape index (κ3) is 3.51. The van der Waals surface area contributed by atoms with Crippen LogP contribution < -0.4 is 0 Å². The van der Waals surface area contributed by atoms with Gasteiger partial charge in [-0.25, -0.2) is 4.79 Å². The Kier molecular flexibility index (Phi) is 5.15. The maximum atomic E-state index is 13.1. The summed E-state index contributed by atoms with van der Waals surface area (Å²) in [5.74, 6) is 0. The zero-order valence-electron chi connectivity index (χ0n) is 15.8. The first-order valence-corrected chi connectivity index (χ1v) is 9.52. The Labute approximate surface area is 164 Å². The topological polar surface area (TPSA) is 52.7 Å². The maximum Gasteiger partial charge on any atom is 0.369 e. The Balaban J connectivity index is 1.89. The lowest BCUT2D eigenvalue weighted by molar-refractivity contribution is 0.237. The Morgan fingerprint density at radius 3 is 2.32 bits per heavy atom. The van der Waals surface area contributed by atoms with Crippen molar-refractivity contribution in [3.8, 4) is 11.3 Å². The Morgan fingerprint density at radius 2 is 1.68 bits per heavy atom. The van der Waals surface area contributed by atoms with E-state index < -0.39 is 0 Å². The van der Waals surface area contributed by atoms with E-state index in [1.807, 2.05) is 48.5 Å². The van der Waals surface area contributed by atoms with E-state index >= 15 is 0 Å². The summed E-state index contributed by atoms with van der Waals surface area (Å²) in [6.45, 7) is 2.15. The smallest absolute Gasteiger partial charge is 0.244 e. The fraction of sp³-hybridized carbons (Fsp3) is 0.174. The van der Waals surface area contributed by atoms with Crippen LogP contribution in [0.1, 0.15) is 30.2 Å². The summed E-state index contributed by atoms with van der Waals surface area (Å²) >= 11 is 0. The first-order chi connectivity index (χ1) is 13.8. The van der Waals surface area contributed by atoms with Crippen molar-refractivity contribution in [2.24, 2.45) is 0 Å². The van der Waals surface area contributed by atoms with Gasteiger partial charge in [-0.1, -0.05) is 74.0 Å². The Hall–Kier alpha value is -3.47. The molecule has 0 unspecified atom stereocenters. The van der Waals surface area contributed by atoms with Crippen LogP contribution in [0.4, 0.5) is 4.79 Å². The fourth-order valence-electron chi connectivity index (χ4n) is 3.43. The van der Waals surface area contributed by atoms with Crippen LogP contribution >= 0.6 is 0 Å². The summed E-state index contributed by atoms with van der Waals surface area (Å²) in [5, 5.41) is 8.86. The van der Waals surface area contributed by atoms with Gasteiger partial charge in [-0.2, -0.15) is 19.6 Å². The van der Waals surface area contributed by atoms with Crippen molar-refractivity contribution in [1.29, 1.82) is 0 Å². The van der Waals surface area contributed by atoms with E-state index in [2.05, 4.69) is 24.2 Å². The van der Waals surface area contributed by atoms with Gasteiger partial charge in [0.25, 0.3) is 0 Å². The van der Waals surface area contributed by atoms with Crippen LogP contribution in [0.2, 0.25) is 0 Å². The van der Waals surface area contributed by atoms with Crippen LogP contribution in [-0.4, -0.2) is 25.6 Å². The number of benzene rings is 2. The second kappa shape index (κ2) is 8.05. The lowest BCUT2D eigenvalue weighted by Gasteiger charge is -2.09. The Bertz CT molecular complexity index is 1050. The number of nitrogens with zero attached hydrogens (tertiary/aromatic N) is 4. The van der Waals surface area contributed by atoms with E-state index in [1.54, 1.807) is 18.5 Å². The molecule has 2 aromatic carbocycles. The molecule has 0 aliphatic carbocycles. The molecule has 0 bridgehead atoms. The van der Waals surface area contributed by atoms with Gasteiger partial charge in [0.1, 0.15) is 0 Å². The van der Waals surface area contributed by atoms with Gasteiger partial charge in [-0.3, -0.25) is 0 Å². The normalized spacial score (nSPS) is 10.9. The van der Waals surface area contributed by atoms with Crippen molar-refractivity contribution >= 4 is 6.03 Å². The highest BCUT2D eigenvalue weighted by Gasteiger charge is 2.23. The number of carbonyl (C=O) groups is 1. The van der Waals surface area contributed by atoms with Gasteiger partial charge in [0.15, 0.2) is 0 Å². The zero-order valence-corrected chi connectivity index (χ0v) is 15.8.